The predicted octanol–water partition coefficient (Wildman–Crippen LogP) is 13.7. The maximum atomic E-state index is 5.06. The van der Waals surface area contributed by atoms with Gasteiger partial charge in [-0.25, -0.2) is 15.0 Å². The van der Waals surface area contributed by atoms with Crippen LogP contribution in [0.3, 0.4) is 0 Å². The van der Waals surface area contributed by atoms with E-state index in [2.05, 4.69) is 138 Å². The minimum absolute atomic E-state index is 0.631. The molecule has 4 nitrogen and oxygen atoms in total. The molecule has 0 spiro atoms. The number of nitrogens with zero attached hydrogens (tertiary/aromatic N) is 4. The number of hydrogen-bond donors (Lipinski definition) is 0. The molecule has 3 heterocycles. The van der Waals surface area contributed by atoms with Crippen LogP contribution < -0.4 is 0 Å². The van der Waals surface area contributed by atoms with Crippen molar-refractivity contribution in [3.8, 4) is 62.1 Å². The smallest absolute Gasteiger partial charge is 0.164 e. The summed E-state index contributed by atoms with van der Waals surface area (Å²) in [6.07, 6.45) is 0. The van der Waals surface area contributed by atoms with E-state index in [1.165, 1.54) is 42.0 Å². The van der Waals surface area contributed by atoms with Crippen LogP contribution in [-0.2, 0) is 0 Å². The van der Waals surface area contributed by atoms with Gasteiger partial charge in [-0.2, -0.15) is 0 Å². The molecule has 262 valence electrons. The Bertz CT molecular complexity index is 3180. The number of para-hydroxylation sites is 1. The quantitative estimate of drug-likeness (QED) is 0.171. The summed E-state index contributed by atoms with van der Waals surface area (Å²) in [7, 11) is 0. The number of rotatable bonds is 6. The lowest BCUT2D eigenvalue weighted by atomic mass is 9.93. The van der Waals surface area contributed by atoms with Crippen LogP contribution >= 0.6 is 11.3 Å². The molecule has 11 rings (SSSR count). The molecule has 0 aliphatic rings. The summed E-state index contributed by atoms with van der Waals surface area (Å²) in [6, 6.07) is 68.6. The molecule has 0 N–H and O–H groups in total. The van der Waals surface area contributed by atoms with Crippen molar-refractivity contribution in [2.45, 2.75) is 0 Å². The van der Waals surface area contributed by atoms with Gasteiger partial charge in [0.2, 0.25) is 0 Å². The molecule has 56 heavy (non-hydrogen) atoms. The van der Waals surface area contributed by atoms with Gasteiger partial charge in [0, 0.05) is 53.3 Å². The molecule has 0 aliphatic heterocycles. The van der Waals surface area contributed by atoms with Crippen LogP contribution in [0.25, 0.3) is 104 Å². The molecule has 11 aromatic rings. The lowest BCUT2D eigenvalue weighted by Gasteiger charge is -2.16. The Balaban J connectivity index is 1.12. The summed E-state index contributed by atoms with van der Waals surface area (Å²) >= 11 is 1.88. The van der Waals surface area contributed by atoms with E-state index in [-0.39, 0.29) is 0 Å². The Hall–Kier alpha value is -7.21. The van der Waals surface area contributed by atoms with Crippen LogP contribution in [0, 0.1) is 0 Å². The Morgan fingerprint density at radius 1 is 0.357 bits per heavy atom. The van der Waals surface area contributed by atoms with Crippen molar-refractivity contribution in [1.82, 2.24) is 19.5 Å². The highest BCUT2D eigenvalue weighted by Gasteiger charge is 2.20. The van der Waals surface area contributed by atoms with Gasteiger partial charge in [-0.05, 0) is 58.7 Å². The second kappa shape index (κ2) is 13.3. The molecule has 0 aliphatic carbocycles. The van der Waals surface area contributed by atoms with Gasteiger partial charge < -0.3 is 4.57 Å². The summed E-state index contributed by atoms with van der Waals surface area (Å²) in [5.41, 5.74) is 10.8. The third-order valence-electron chi connectivity index (χ3n) is 10.7. The lowest BCUT2D eigenvalue weighted by Crippen LogP contribution is -2.00. The molecule has 0 fully saturated rings. The van der Waals surface area contributed by atoms with Crippen molar-refractivity contribution in [3.05, 3.63) is 194 Å². The Morgan fingerprint density at radius 2 is 0.929 bits per heavy atom. The van der Waals surface area contributed by atoms with Gasteiger partial charge in [-0.15, -0.1) is 11.3 Å². The number of thiophene rings is 1. The summed E-state index contributed by atoms with van der Waals surface area (Å²) in [6.45, 7) is 0. The molecule has 0 atom stereocenters. The third-order valence-corrected chi connectivity index (χ3v) is 11.9. The zero-order valence-corrected chi connectivity index (χ0v) is 31.0. The third kappa shape index (κ3) is 5.40. The molecule has 0 unspecified atom stereocenters. The van der Waals surface area contributed by atoms with Gasteiger partial charge in [-0.3, -0.25) is 0 Å². The molecule has 8 aromatic carbocycles. The molecule has 0 amide bonds. The molecule has 0 radical (unpaired) electrons. The summed E-state index contributed by atoms with van der Waals surface area (Å²) in [5.74, 6) is 1.92. The topological polar surface area (TPSA) is 43.6 Å². The largest absolute Gasteiger partial charge is 0.309 e. The van der Waals surface area contributed by atoms with Crippen LogP contribution in [0.2, 0.25) is 0 Å². The first-order valence-corrected chi connectivity index (χ1v) is 19.6. The summed E-state index contributed by atoms with van der Waals surface area (Å²) in [4.78, 5) is 15.0. The molecule has 3 aromatic heterocycles. The number of aromatic nitrogens is 4. The zero-order valence-electron chi connectivity index (χ0n) is 30.2. The standard InChI is InChI=1S/C51H32N4S/c1-4-15-33(16-5-1)39-28-27-38(55-44-25-12-10-24-42(44)47-45(55)30-29-41-40-23-11-13-26-46(40)56-48(41)47)32-43(39)36-21-14-22-37(31-36)51-53-49(34-17-6-2-7-18-34)52-50(54-51)35-19-8-3-9-20-35/h1-32H. The van der Waals surface area contributed by atoms with Crippen LogP contribution in [0.5, 0.6) is 0 Å². The second-order valence-corrected chi connectivity index (χ2v) is 15.1. The fourth-order valence-corrected chi connectivity index (χ4v) is 9.32. The SMILES string of the molecule is c1ccc(-c2nc(-c3ccccc3)nc(-c3cccc(-c4cc(-n5c6ccccc6c6c7sc8ccccc8c7ccc65)ccc4-c4ccccc4)c3)n2)cc1. The Labute approximate surface area is 327 Å². The maximum Gasteiger partial charge on any atom is 0.164 e. The minimum Gasteiger partial charge on any atom is -0.309 e. The van der Waals surface area contributed by atoms with Crippen molar-refractivity contribution >= 4 is 53.3 Å². The number of benzene rings is 8. The van der Waals surface area contributed by atoms with Gasteiger partial charge in [0.05, 0.1) is 11.0 Å². The van der Waals surface area contributed by atoms with E-state index in [9.17, 15) is 0 Å². The average molecular weight is 733 g/mol. The molecule has 5 heteroatoms. The van der Waals surface area contributed by atoms with Gasteiger partial charge in [0.25, 0.3) is 0 Å². The molecule has 0 saturated carbocycles. The Morgan fingerprint density at radius 3 is 1.64 bits per heavy atom. The molecule has 0 saturated heterocycles. The first-order chi connectivity index (χ1) is 27.8. The van der Waals surface area contributed by atoms with Gasteiger partial charge in [0.15, 0.2) is 17.5 Å². The molecular weight excluding hydrogens is 701 g/mol. The molecule has 0 bridgehead atoms. The minimum atomic E-state index is 0.631. The van der Waals surface area contributed by atoms with Gasteiger partial charge in [0.1, 0.15) is 0 Å². The normalized spacial score (nSPS) is 11.6. The second-order valence-electron chi connectivity index (χ2n) is 14.0. The van der Waals surface area contributed by atoms with Crippen LogP contribution in [0.4, 0.5) is 0 Å². The number of fused-ring (bicyclic) bond motifs is 7. The Kier molecular flexibility index (Phi) is 7.64. The van der Waals surface area contributed by atoms with Crippen LogP contribution in [-0.4, -0.2) is 19.5 Å². The highest BCUT2D eigenvalue weighted by atomic mass is 32.1. The van der Waals surface area contributed by atoms with E-state index in [0.29, 0.717) is 17.5 Å². The van der Waals surface area contributed by atoms with Crippen molar-refractivity contribution in [2.75, 3.05) is 0 Å². The highest BCUT2D eigenvalue weighted by Crippen LogP contribution is 2.44. The van der Waals surface area contributed by atoms with Crippen molar-refractivity contribution in [2.24, 2.45) is 0 Å². The van der Waals surface area contributed by atoms with Gasteiger partial charge >= 0.3 is 0 Å². The maximum absolute atomic E-state index is 5.06. The average Bonchev–Trinajstić information content (AvgIpc) is 3.83. The van der Waals surface area contributed by atoms with E-state index in [1.54, 1.807) is 0 Å². The monoisotopic (exact) mass is 732 g/mol. The van der Waals surface area contributed by atoms with E-state index < -0.39 is 0 Å². The first kappa shape index (κ1) is 32.2. The van der Waals surface area contributed by atoms with Crippen molar-refractivity contribution in [1.29, 1.82) is 0 Å². The highest BCUT2D eigenvalue weighted by molar-refractivity contribution is 7.26. The van der Waals surface area contributed by atoms with E-state index in [0.717, 1.165) is 44.6 Å². The first-order valence-electron chi connectivity index (χ1n) is 18.8. The van der Waals surface area contributed by atoms with Gasteiger partial charge in [-0.1, -0.05) is 158 Å². The summed E-state index contributed by atoms with van der Waals surface area (Å²) < 4.78 is 5.07. The summed E-state index contributed by atoms with van der Waals surface area (Å²) in [5, 5.41) is 5.18. The van der Waals surface area contributed by atoms with E-state index in [4.69, 9.17) is 15.0 Å². The fourth-order valence-electron chi connectivity index (χ4n) is 8.06. The van der Waals surface area contributed by atoms with E-state index >= 15 is 0 Å². The predicted molar refractivity (Wildman–Crippen MR) is 234 cm³/mol. The zero-order chi connectivity index (χ0) is 37.0. The van der Waals surface area contributed by atoms with Crippen molar-refractivity contribution < 1.29 is 0 Å². The van der Waals surface area contributed by atoms with Crippen LogP contribution in [0.15, 0.2) is 194 Å². The van der Waals surface area contributed by atoms with Crippen LogP contribution in [0.1, 0.15) is 0 Å². The lowest BCUT2D eigenvalue weighted by molar-refractivity contribution is 1.07. The molecular formula is C51H32N4S. The van der Waals surface area contributed by atoms with Crippen molar-refractivity contribution in [3.63, 3.8) is 0 Å². The number of hydrogen-bond acceptors (Lipinski definition) is 4. The fraction of sp³-hybridized carbons (Fsp3) is 0. The van der Waals surface area contributed by atoms with E-state index in [1.807, 2.05) is 72.0 Å².